The minimum Gasteiger partial charge on any atom is -0.301 e. The average molecular weight is 661 g/mol. The first-order valence-corrected chi connectivity index (χ1v) is 22.6. The highest BCUT2D eigenvalue weighted by Crippen LogP contribution is 2.44. The zero-order chi connectivity index (χ0) is 33.0. The van der Waals surface area contributed by atoms with Gasteiger partial charge in [0, 0.05) is 25.2 Å². The number of rotatable bonds is 13. The second-order valence-corrected chi connectivity index (χ2v) is 18.2. The third kappa shape index (κ3) is 10.5. The van der Waals surface area contributed by atoms with Gasteiger partial charge >= 0.3 is 0 Å². The van der Waals surface area contributed by atoms with Gasteiger partial charge in [-0.3, -0.25) is 4.90 Å². The Balaban J connectivity index is 1.18. The predicted molar refractivity (Wildman–Crippen MR) is 208 cm³/mol. The third-order valence-electron chi connectivity index (χ3n) is 15.2. The summed E-state index contributed by atoms with van der Waals surface area (Å²) < 4.78 is 0. The maximum absolute atomic E-state index is 3.12. The van der Waals surface area contributed by atoms with Crippen LogP contribution in [0.3, 0.4) is 0 Å². The van der Waals surface area contributed by atoms with Crippen molar-refractivity contribution in [2.75, 3.05) is 26.2 Å². The first-order chi connectivity index (χ1) is 23.7. The summed E-state index contributed by atoms with van der Waals surface area (Å²) in [6.07, 6.45) is 47.1. The molecule has 0 aliphatic heterocycles. The van der Waals surface area contributed by atoms with Gasteiger partial charge in [-0.05, 0) is 151 Å². The lowest BCUT2D eigenvalue weighted by molar-refractivity contribution is 0.0839. The molecule has 0 aromatic heterocycles. The standard InChI is InChI=1S/C46H80N2/c1-3-47(4-2)43-29-25-41(26-30-43)46(34-33-45(39-21-13-7-14-22-39)40-23-15-8-16-24-40)42-27-31-44(32-28-42)48(35-37-17-9-5-10-18-37)36-38-19-11-6-12-20-38/h33-34,37-44H,3-32,35-36H2,1-2H3/b46-34+. The Morgan fingerprint density at radius 2 is 0.688 bits per heavy atom. The van der Waals surface area contributed by atoms with Gasteiger partial charge in [0.1, 0.15) is 0 Å². The summed E-state index contributed by atoms with van der Waals surface area (Å²) in [5, 5.41) is 0. The van der Waals surface area contributed by atoms with Gasteiger partial charge in [-0.15, -0.1) is 0 Å². The lowest BCUT2D eigenvalue weighted by Gasteiger charge is -2.43. The van der Waals surface area contributed by atoms with E-state index in [2.05, 4.69) is 35.8 Å². The van der Waals surface area contributed by atoms with Gasteiger partial charge in [0.25, 0.3) is 0 Å². The van der Waals surface area contributed by atoms with Crippen LogP contribution in [0, 0.1) is 35.5 Å². The molecule has 6 rings (SSSR count). The van der Waals surface area contributed by atoms with Gasteiger partial charge in [-0.25, -0.2) is 0 Å². The molecule has 0 aromatic carbocycles. The normalized spacial score (nSPS) is 31.4. The molecule has 0 amide bonds. The highest BCUT2D eigenvalue weighted by molar-refractivity contribution is 5.26. The molecule has 2 heteroatoms. The van der Waals surface area contributed by atoms with Crippen LogP contribution in [0.1, 0.15) is 194 Å². The summed E-state index contributed by atoms with van der Waals surface area (Å²) in [4.78, 5) is 5.88. The van der Waals surface area contributed by atoms with E-state index in [-0.39, 0.29) is 0 Å². The molecule has 0 saturated heterocycles. The van der Waals surface area contributed by atoms with Crippen molar-refractivity contribution in [3.8, 4) is 0 Å². The van der Waals surface area contributed by atoms with E-state index in [0.717, 1.165) is 47.6 Å². The Bertz CT molecular complexity index is 897. The van der Waals surface area contributed by atoms with Crippen LogP contribution in [-0.2, 0) is 0 Å². The highest BCUT2D eigenvalue weighted by Gasteiger charge is 2.35. The summed E-state index contributed by atoms with van der Waals surface area (Å²) in [5.74, 6) is 5.44. The molecule has 6 fully saturated rings. The Morgan fingerprint density at radius 1 is 0.375 bits per heavy atom. The van der Waals surface area contributed by atoms with Crippen molar-refractivity contribution < 1.29 is 0 Å². The summed E-state index contributed by atoms with van der Waals surface area (Å²) in [6.45, 7) is 10.1. The van der Waals surface area contributed by atoms with Gasteiger partial charge < -0.3 is 4.90 Å². The molecule has 0 bridgehead atoms. The Hall–Kier alpha value is -0.600. The van der Waals surface area contributed by atoms with Crippen LogP contribution in [-0.4, -0.2) is 48.1 Å². The average Bonchev–Trinajstić information content (AvgIpc) is 3.16. The van der Waals surface area contributed by atoms with E-state index in [0.29, 0.717) is 0 Å². The van der Waals surface area contributed by atoms with Gasteiger partial charge in [-0.2, -0.15) is 0 Å². The number of allylic oxidation sites excluding steroid dienone is 4. The van der Waals surface area contributed by atoms with Crippen LogP contribution < -0.4 is 0 Å². The molecule has 0 unspecified atom stereocenters. The van der Waals surface area contributed by atoms with Gasteiger partial charge in [0.15, 0.2) is 0 Å². The Labute approximate surface area is 299 Å². The molecule has 6 aliphatic carbocycles. The van der Waals surface area contributed by atoms with E-state index in [1.165, 1.54) is 206 Å². The molecule has 0 spiro atoms. The first-order valence-electron chi connectivity index (χ1n) is 22.6. The largest absolute Gasteiger partial charge is 0.301 e. The zero-order valence-electron chi connectivity index (χ0n) is 32.3. The summed E-state index contributed by atoms with van der Waals surface area (Å²) in [5.41, 5.74) is 3.85. The Kier molecular flexibility index (Phi) is 15.4. The predicted octanol–water partition coefficient (Wildman–Crippen LogP) is 12.9. The van der Waals surface area contributed by atoms with Crippen molar-refractivity contribution in [1.29, 1.82) is 0 Å². The van der Waals surface area contributed by atoms with E-state index in [1.54, 1.807) is 0 Å². The molecular weight excluding hydrogens is 581 g/mol. The lowest BCUT2D eigenvalue weighted by atomic mass is 9.70. The number of hydrogen-bond acceptors (Lipinski definition) is 2. The molecule has 0 N–H and O–H groups in total. The van der Waals surface area contributed by atoms with Crippen molar-refractivity contribution in [2.45, 2.75) is 206 Å². The second kappa shape index (κ2) is 19.9. The van der Waals surface area contributed by atoms with Gasteiger partial charge in [-0.1, -0.05) is 114 Å². The monoisotopic (exact) mass is 661 g/mol. The fraction of sp³-hybridized carbons (Fsp3) is 0.913. The van der Waals surface area contributed by atoms with E-state index >= 15 is 0 Å². The molecular formula is C46H80N2. The second-order valence-electron chi connectivity index (χ2n) is 18.2. The van der Waals surface area contributed by atoms with Crippen LogP contribution >= 0.6 is 0 Å². The molecule has 6 aliphatic rings. The Morgan fingerprint density at radius 3 is 1.04 bits per heavy atom. The summed E-state index contributed by atoms with van der Waals surface area (Å²) >= 11 is 0. The lowest BCUT2D eigenvalue weighted by Crippen LogP contribution is -2.44. The maximum atomic E-state index is 3.12. The van der Waals surface area contributed by atoms with Crippen molar-refractivity contribution in [3.63, 3.8) is 0 Å². The smallest absolute Gasteiger partial charge is 0.00959 e. The van der Waals surface area contributed by atoms with Crippen molar-refractivity contribution in [3.05, 3.63) is 23.3 Å². The van der Waals surface area contributed by atoms with Gasteiger partial charge in [0.2, 0.25) is 0 Å². The van der Waals surface area contributed by atoms with Crippen LogP contribution in [0.25, 0.3) is 0 Å². The van der Waals surface area contributed by atoms with Crippen molar-refractivity contribution in [1.82, 2.24) is 9.80 Å². The molecule has 48 heavy (non-hydrogen) atoms. The van der Waals surface area contributed by atoms with Crippen LogP contribution in [0.4, 0.5) is 0 Å². The first kappa shape index (κ1) is 37.2. The van der Waals surface area contributed by atoms with Crippen molar-refractivity contribution >= 4 is 0 Å². The summed E-state index contributed by atoms with van der Waals surface area (Å²) in [6, 6.07) is 1.69. The van der Waals surface area contributed by atoms with Crippen LogP contribution in [0.2, 0.25) is 0 Å². The fourth-order valence-corrected chi connectivity index (χ4v) is 12.3. The number of nitrogens with zero attached hydrogens (tertiary/aromatic N) is 2. The summed E-state index contributed by atoms with van der Waals surface area (Å²) in [7, 11) is 0. The topological polar surface area (TPSA) is 6.48 Å². The molecule has 274 valence electrons. The minimum absolute atomic E-state index is 0.831. The third-order valence-corrected chi connectivity index (χ3v) is 15.2. The quantitative estimate of drug-likeness (QED) is 0.181. The van der Waals surface area contributed by atoms with Crippen LogP contribution in [0.5, 0.6) is 0 Å². The van der Waals surface area contributed by atoms with Crippen molar-refractivity contribution in [2.24, 2.45) is 35.5 Å². The van der Waals surface area contributed by atoms with Crippen LogP contribution in [0.15, 0.2) is 23.3 Å². The molecule has 2 nitrogen and oxygen atoms in total. The fourth-order valence-electron chi connectivity index (χ4n) is 12.3. The molecule has 0 atom stereocenters. The van der Waals surface area contributed by atoms with E-state index < -0.39 is 0 Å². The zero-order valence-corrected chi connectivity index (χ0v) is 32.3. The molecule has 0 heterocycles. The minimum atomic E-state index is 0.831. The number of hydrogen-bond donors (Lipinski definition) is 0. The molecule has 0 radical (unpaired) electrons. The maximum Gasteiger partial charge on any atom is 0.00959 e. The van der Waals surface area contributed by atoms with E-state index in [4.69, 9.17) is 0 Å². The van der Waals surface area contributed by atoms with Gasteiger partial charge in [0.05, 0.1) is 0 Å². The van der Waals surface area contributed by atoms with E-state index in [1.807, 2.05) is 11.1 Å². The molecule has 6 saturated carbocycles. The SMILES string of the molecule is CCN(CC)C1CCC(/C(=C\C=C(C2CCCCC2)C2CCCCC2)C2CCC(N(CC3CCCCC3)CC3CCCCC3)CC2)CC1. The molecule has 0 aromatic rings. The highest BCUT2D eigenvalue weighted by atomic mass is 15.2. The van der Waals surface area contributed by atoms with E-state index in [9.17, 15) is 0 Å².